The smallest absolute Gasteiger partial charge is 0.249 e. The van der Waals surface area contributed by atoms with Crippen LogP contribution in [0.2, 0.25) is 0 Å². The van der Waals surface area contributed by atoms with Gasteiger partial charge in [0.15, 0.2) is 5.65 Å². The minimum Gasteiger partial charge on any atom is -0.395 e. The fourth-order valence-corrected chi connectivity index (χ4v) is 1.83. The molecular formula is C12H15N5O2. The molecule has 2 heterocycles. The van der Waals surface area contributed by atoms with Gasteiger partial charge in [0.1, 0.15) is 5.82 Å². The van der Waals surface area contributed by atoms with Gasteiger partial charge in [-0.1, -0.05) is 6.07 Å². The van der Waals surface area contributed by atoms with Gasteiger partial charge in [0.05, 0.1) is 6.61 Å². The largest absolute Gasteiger partial charge is 0.395 e. The molecule has 1 fully saturated rings. The van der Waals surface area contributed by atoms with Gasteiger partial charge in [0.25, 0.3) is 0 Å². The Morgan fingerprint density at radius 2 is 2.32 bits per heavy atom. The molecule has 0 radical (unpaired) electrons. The Morgan fingerprint density at radius 1 is 1.47 bits per heavy atom. The highest BCUT2D eigenvalue weighted by molar-refractivity contribution is 5.92. The van der Waals surface area contributed by atoms with Gasteiger partial charge in [0, 0.05) is 12.5 Å². The molecule has 1 aliphatic rings. The third kappa shape index (κ3) is 2.50. The van der Waals surface area contributed by atoms with Crippen molar-refractivity contribution < 1.29 is 9.90 Å². The third-order valence-electron chi connectivity index (χ3n) is 2.96. The lowest BCUT2D eigenvalue weighted by Crippen LogP contribution is -2.14. The van der Waals surface area contributed by atoms with Crippen molar-refractivity contribution in [2.45, 2.75) is 12.8 Å². The summed E-state index contributed by atoms with van der Waals surface area (Å²) in [7, 11) is 0. The minimum atomic E-state index is -0.0132. The Bertz CT molecular complexity index is 605. The zero-order valence-electron chi connectivity index (χ0n) is 10.3. The molecule has 3 N–H and O–H groups in total. The van der Waals surface area contributed by atoms with Crippen molar-refractivity contribution >= 4 is 23.3 Å². The number of aliphatic hydroxyl groups is 1. The summed E-state index contributed by atoms with van der Waals surface area (Å²) < 4.78 is 1.61. The molecule has 100 valence electrons. The first kappa shape index (κ1) is 11.9. The van der Waals surface area contributed by atoms with Gasteiger partial charge in [0.2, 0.25) is 11.9 Å². The lowest BCUT2D eigenvalue weighted by atomic mass is 10.4. The van der Waals surface area contributed by atoms with Gasteiger partial charge < -0.3 is 10.4 Å². The maximum atomic E-state index is 11.7. The van der Waals surface area contributed by atoms with Gasteiger partial charge in [-0.3, -0.25) is 10.1 Å². The molecule has 0 atom stereocenters. The standard InChI is InChI=1S/C12H15N5O2/c18-7-6-13-9-2-1-3-10-14-12(16-17(9)10)15-11(19)8-4-5-8/h1-3,8,13,18H,4-7H2,(H,15,16,19). The predicted molar refractivity (Wildman–Crippen MR) is 69.9 cm³/mol. The maximum absolute atomic E-state index is 11.7. The summed E-state index contributed by atoms with van der Waals surface area (Å²) >= 11 is 0. The molecule has 0 bridgehead atoms. The molecule has 1 aliphatic carbocycles. The van der Waals surface area contributed by atoms with E-state index < -0.39 is 0 Å². The van der Waals surface area contributed by atoms with Gasteiger partial charge in [-0.05, 0) is 25.0 Å². The van der Waals surface area contributed by atoms with Gasteiger partial charge in [-0.15, -0.1) is 5.10 Å². The first-order valence-corrected chi connectivity index (χ1v) is 6.29. The van der Waals surface area contributed by atoms with Crippen LogP contribution in [0.4, 0.5) is 11.8 Å². The number of aromatic nitrogens is 3. The molecule has 2 aromatic heterocycles. The maximum Gasteiger partial charge on any atom is 0.249 e. The van der Waals surface area contributed by atoms with E-state index in [1.54, 1.807) is 4.52 Å². The number of anilines is 2. The van der Waals surface area contributed by atoms with Crippen LogP contribution >= 0.6 is 0 Å². The normalized spacial score (nSPS) is 14.6. The van der Waals surface area contributed by atoms with Crippen LogP contribution < -0.4 is 10.6 Å². The molecule has 0 unspecified atom stereocenters. The SMILES string of the molecule is O=C(Nc1nc2cccc(NCCO)n2n1)C1CC1. The number of nitrogens with one attached hydrogen (secondary N) is 2. The summed E-state index contributed by atoms with van der Waals surface area (Å²) in [6.07, 6.45) is 1.89. The Balaban J connectivity index is 1.84. The number of hydrogen-bond acceptors (Lipinski definition) is 5. The van der Waals surface area contributed by atoms with Crippen molar-refractivity contribution in [2.24, 2.45) is 5.92 Å². The zero-order valence-corrected chi connectivity index (χ0v) is 10.3. The summed E-state index contributed by atoms with van der Waals surface area (Å²) in [5, 5.41) is 18.8. The molecule has 1 saturated carbocycles. The molecule has 19 heavy (non-hydrogen) atoms. The quantitative estimate of drug-likeness (QED) is 0.728. The molecule has 0 aromatic carbocycles. The topological polar surface area (TPSA) is 91.5 Å². The lowest BCUT2D eigenvalue weighted by Gasteiger charge is -2.05. The second-order valence-corrected chi connectivity index (χ2v) is 4.53. The van der Waals surface area contributed by atoms with E-state index in [9.17, 15) is 4.79 Å². The second kappa shape index (κ2) is 4.85. The summed E-state index contributed by atoms with van der Waals surface area (Å²) in [5.74, 6) is 1.15. The number of carbonyl (C=O) groups excluding carboxylic acids is 1. The second-order valence-electron chi connectivity index (χ2n) is 4.53. The van der Waals surface area contributed by atoms with E-state index in [0.717, 1.165) is 18.7 Å². The Labute approximate surface area is 109 Å². The molecule has 0 aliphatic heterocycles. The van der Waals surface area contributed by atoms with Crippen LogP contribution in [0.25, 0.3) is 5.65 Å². The lowest BCUT2D eigenvalue weighted by molar-refractivity contribution is -0.117. The minimum absolute atomic E-state index is 0.0132. The Morgan fingerprint density at radius 3 is 3.05 bits per heavy atom. The van der Waals surface area contributed by atoms with E-state index in [2.05, 4.69) is 20.7 Å². The van der Waals surface area contributed by atoms with Crippen molar-refractivity contribution in [2.75, 3.05) is 23.8 Å². The highest BCUT2D eigenvalue weighted by Gasteiger charge is 2.30. The fourth-order valence-electron chi connectivity index (χ4n) is 1.83. The van der Waals surface area contributed by atoms with Gasteiger partial charge >= 0.3 is 0 Å². The number of amides is 1. The van der Waals surface area contributed by atoms with Crippen LogP contribution in [0.1, 0.15) is 12.8 Å². The molecule has 2 aromatic rings. The Kier molecular flexibility index (Phi) is 3.04. The van der Waals surface area contributed by atoms with E-state index in [4.69, 9.17) is 5.11 Å². The van der Waals surface area contributed by atoms with E-state index in [-0.39, 0.29) is 18.4 Å². The van der Waals surface area contributed by atoms with Crippen molar-refractivity contribution in [3.05, 3.63) is 18.2 Å². The summed E-state index contributed by atoms with van der Waals surface area (Å²) in [6.45, 7) is 0.471. The number of nitrogens with zero attached hydrogens (tertiary/aromatic N) is 3. The van der Waals surface area contributed by atoms with Gasteiger partial charge in [-0.25, -0.2) is 0 Å². The monoisotopic (exact) mass is 261 g/mol. The Hall–Kier alpha value is -2.15. The van der Waals surface area contributed by atoms with Crippen LogP contribution in [0.3, 0.4) is 0 Å². The molecule has 7 heteroatoms. The molecule has 3 rings (SSSR count). The highest BCUT2D eigenvalue weighted by Crippen LogP contribution is 2.29. The average molecular weight is 261 g/mol. The van der Waals surface area contributed by atoms with E-state index in [1.807, 2.05) is 18.2 Å². The van der Waals surface area contributed by atoms with Crippen molar-refractivity contribution in [3.63, 3.8) is 0 Å². The van der Waals surface area contributed by atoms with E-state index >= 15 is 0 Å². The number of fused-ring (bicyclic) bond motifs is 1. The first-order chi connectivity index (χ1) is 9.28. The number of hydrogen-bond donors (Lipinski definition) is 3. The van der Waals surface area contributed by atoms with Crippen LogP contribution in [-0.2, 0) is 4.79 Å². The van der Waals surface area contributed by atoms with Crippen LogP contribution in [0.5, 0.6) is 0 Å². The number of rotatable bonds is 5. The summed E-state index contributed by atoms with van der Waals surface area (Å²) in [4.78, 5) is 15.9. The predicted octanol–water partition coefficient (Wildman–Crippen LogP) is 0.482. The number of carbonyl (C=O) groups is 1. The molecule has 0 saturated heterocycles. The van der Waals surface area contributed by atoms with Crippen LogP contribution in [0, 0.1) is 5.92 Å². The molecule has 0 spiro atoms. The first-order valence-electron chi connectivity index (χ1n) is 6.29. The van der Waals surface area contributed by atoms with Gasteiger partial charge in [-0.2, -0.15) is 9.50 Å². The van der Waals surface area contributed by atoms with Crippen molar-refractivity contribution in [1.29, 1.82) is 0 Å². The van der Waals surface area contributed by atoms with Crippen molar-refractivity contribution in [1.82, 2.24) is 14.6 Å². The number of aliphatic hydroxyl groups excluding tert-OH is 1. The number of pyridine rings is 1. The van der Waals surface area contributed by atoms with Crippen LogP contribution in [0.15, 0.2) is 18.2 Å². The third-order valence-corrected chi connectivity index (χ3v) is 2.96. The van der Waals surface area contributed by atoms with E-state index in [1.165, 1.54) is 0 Å². The average Bonchev–Trinajstić information content (AvgIpc) is 3.17. The summed E-state index contributed by atoms with van der Waals surface area (Å²) in [6, 6.07) is 5.49. The van der Waals surface area contributed by atoms with Crippen LogP contribution in [-0.4, -0.2) is 38.8 Å². The van der Waals surface area contributed by atoms with E-state index in [0.29, 0.717) is 18.1 Å². The zero-order chi connectivity index (χ0) is 13.2. The fraction of sp³-hybridized carbons (Fsp3) is 0.417. The summed E-state index contributed by atoms with van der Waals surface area (Å²) in [5.41, 5.74) is 0.647. The highest BCUT2D eigenvalue weighted by atomic mass is 16.3. The molecule has 7 nitrogen and oxygen atoms in total. The molecule has 1 amide bonds. The van der Waals surface area contributed by atoms with Crippen molar-refractivity contribution in [3.8, 4) is 0 Å². The molecular weight excluding hydrogens is 246 g/mol.